The van der Waals surface area contributed by atoms with Gasteiger partial charge in [-0.1, -0.05) is 0 Å². The molecule has 13 nitrogen and oxygen atoms in total. The van der Waals surface area contributed by atoms with E-state index in [1.807, 2.05) is 11.0 Å². The standard InChI is InChI=1S/C26H29FN10O3/c1-33-21-23(31-25(28)37-24(21)30-22(32-37)20-3-2-12-39-20)36(26(33)38)11-8-34-6-9-35(10-7-34)19-5-4-16(13-18(19)27)40-17-14-29-15-17/h2-5,12-13,17,29H,6-11,14-15H2,1H3,(H2,28,31). The smallest absolute Gasteiger partial charge is 0.330 e. The number of nitrogens with zero attached hydrogens (tertiary/aromatic N) is 8. The van der Waals surface area contributed by atoms with Gasteiger partial charge in [-0.2, -0.15) is 9.50 Å². The highest BCUT2D eigenvalue weighted by molar-refractivity contribution is 5.88. The van der Waals surface area contributed by atoms with E-state index < -0.39 is 0 Å². The van der Waals surface area contributed by atoms with Crippen molar-refractivity contribution < 1.29 is 13.5 Å². The molecule has 0 unspecified atom stereocenters. The highest BCUT2D eigenvalue weighted by Crippen LogP contribution is 2.27. The summed E-state index contributed by atoms with van der Waals surface area (Å²) in [6, 6.07) is 8.60. The van der Waals surface area contributed by atoms with Crippen LogP contribution in [0.15, 0.2) is 45.8 Å². The zero-order valence-corrected chi connectivity index (χ0v) is 22.0. The minimum absolute atomic E-state index is 0.108. The second-order valence-electron chi connectivity index (χ2n) is 10.1. The first-order valence-electron chi connectivity index (χ1n) is 13.3. The van der Waals surface area contributed by atoms with Gasteiger partial charge in [-0.3, -0.25) is 14.0 Å². The van der Waals surface area contributed by atoms with Crippen molar-refractivity contribution >= 4 is 28.4 Å². The molecule has 14 heteroatoms. The molecular formula is C26H29FN10O3. The van der Waals surface area contributed by atoms with Crippen LogP contribution in [0.3, 0.4) is 0 Å². The van der Waals surface area contributed by atoms with Crippen molar-refractivity contribution in [2.75, 3.05) is 56.4 Å². The number of nitrogen functional groups attached to an aromatic ring is 1. The van der Waals surface area contributed by atoms with Gasteiger partial charge in [-0.25, -0.2) is 14.2 Å². The molecule has 40 heavy (non-hydrogen) atoms. The minimum Gasteiger partial charge on any atom is -0.488 e. The van der Waals surface area contributed by atoms with Crippen LogP contribution in [0.4, 0.5) is 16.0 Å². The van der Waals surface area contributed by atoms with Gasteiger partial charge in [0.2, 0.25) is 11.8 Å². The van der Waals surface area contributed by atoms with Gasteiger partial charge < -0.3 is 25.1 Å². The van der Waals surface area contributed by atoms with Crippen LogP contribution in [-0.4, -0.2) is 85.5 Å². The van der Waals surface area contributed by atoms with Crippen LogP contribution in [-0.2, 0) is 13.6 Å². The fourth-order valence-electron chi connectivity index (χ4n) is 5.31. The average molecular weight is 549 g/mol. The van der Waals surface area contributed by atoms with Crippen LogP contribution in [0.5, 0.6) is 5.75 Å². The number of halogens is 1. The molecule has 0 saturated carbocycles. The molecule has 4 aromatic heterocycles. The van der Waals surface area contributed by atoms with Crippen molar-refractivity contribution in [3.05, 3.63) is 52.9 Å². The second-order valence-corrected chi connectivity index (χ2v) is 10.1. The molecule has 2 fully saturated rings. The summed E-state index contributed by atoms with van der Waals surface area (Å²) in [7, 11) is 1.69. The molecule has 3 N–H and O–H groups in total. The average Bonchev–Trinajstić information content (AvgIpc) is 3.66. The normalized spacial score (nSPS) is 16.7. The van der Waals surface area contributed by atoms with Gasteiger partial charge in [0.15, 0.2) is 17.1 Å². The number of hydrogen-bond donors (Lipinski definition) is 2. The number of imidazole rings is 1. The van der Waals surface area contributed by atoms with E-state index in [9.17, 15) is 9.18 Å². The Bertz CT molecular complexity index is 1750. The lowest BCUT2D eigenvalue weighted by Gasteiger charge is -2.36. The lowest BCUT2D eigenvalue weighted by molar-refractivity contribution is 0.142. The zero-order valence-electron chi connectivity index (χ0n) is 22.0. The van der Waals surface area contributed by atoms with Crippen molar-refractivity contribution in [3.63, 3.8) is 0 Å². The Kier molecular flexibility index (Phi) is 5.93. The van der Waals surface area contributed by atoms with Crippen LogP contribution in [0.25, 0.3) is 28.4 Å². The van der Waals surface area contributed by atoms with E-state index in [0.29, 0.717) is 66.0 Å². The quantitative estimate of drug-likeness (QED) is 0.302. The molecule has 6 heterocycles. The topological polar surface area (TPSA) is 137 Å². The maximum atomic E-state index is 14.9. The van der Waals surface area contributed by atoms with E-state index in [1.54, 1.807) is 36.1 Å². The molecule has 7 rings (SSSR count). The predicted molar refractivity (Wildman–Crippen MR) is 146 cm³/mol. The van der Waals surface area contributed by atoms with Crippen LogP contribution >= 0.6 is 0 Å². The summed E-state index contributed by atoms with van der Waals surface area (Å²) in [5.41, 5.74) is 8.02. The van der Waals surface area contributed by atoms with Crippen LogP contribution in [0.2, 0.25) is 0 Å². The van der Waals surface area contributed by atoms with Crippen molar-refractivity contribution in [1.29, 1.82) is 0 Å². The highest BCUT2D eigenvalue weighted by atomic mass is 19.1. The summed E-state index contributed by atoms with van der Waals surface area (Å²) in [5.74, 6) is 1.26. The molecular weight excluding hydrogens is 519 g/mol. The minimum atomic E-state index is -0.279. The zero-order chi connectivity index (χ0) is 27.4. The molecule has 0 radical (unpaired) electrons. The van der Waals surface area contributed by atoms with Gasteiger partial charge in [0, 0.05) is 65.5 Å². The van der Waals surface area contributed by atoms with Gasteiger partial charge in [-0.15, -0.1) is 5.10 Å². The Morgan fingerprint density at radius 3 is 2.65 bits per heavy atom. The number of benzene rings is 1. The Labute approximate surface area is 227 Å². The third kappa shape index (κ3) is 4.16. The molecule has 5 aromatic rings. The van der Waals surface area contributed by atoms with E-state index in [0.717, 1.165) is 26.2 Å². The Hall–Kier alpha value is -4.43. The summed E-state index contributed by atoms with van der Waals surface area (Å²) in [6.07, 6.45) is 1.65. The third-order valence-electron chi connectivity index (χ3n) is 7.64. The van der Waals surface area contributed by atoms with Gasteiger partial charge >= 0.3 is 5.69 Å². The number of nitrogens with two attached hydrogens (primary N) is 1. The highest BCUT2D eigenvalue weighted by Gasteiger charge is 2.24. The van der Waals surface area contributed by atoms with Gasteiger partial charge in [0.05, 0.1) is 12.0 Å². The molecule has 0 bridgehead atoms. The predicted octanol–water partition coefficient (Wildman–Crippen LogP) is 0.932. The summed E-state index contributed by atoms with van der Waals surface area (Å²) in [4.78, 5) is 26.6. The Morgan fingerprint density at radius 2 is 1.95 bits per heavy atom. The lowest BCUT2D eigenvalue weighted by atomic mass is 10.2. The molecule has 2 aliphatic heterocycles. The van der Waals surface area contributed by atoms with Gasteiger partial charge in [0.1, 0.15) is 23.2 Å². The van der Waals surface area contributed by atoms with Crippen molar-refractivity contribution in [1.82, 2.24) is 38.9 Å². The Balaban J connectivity index is 1.06. The maximum absolute atomic E-state index is 14.9. The molecule has 0 aliphatic carbocycles. The maximum Gasteiger partial charge on any atom is 0.330 e. The van der Waals surface area contributed by atoms with Crippen molar-refractivity contribution in [2.45, 2.75) is 12.6 Å². The van der Waals surface area contributed by atoms with Crippen molar-refractivity contribution in [3.8, 4) is 17.3 Å². The molecule has 2 saturated heterocycles. The number of nitrogens with one attached hydrogen (secondary N) is 1. The van der Waals surface area contributed by atoms with Crippen LogP contribution < -0.4 is 26.4 Å². The fraction of sp³-hybridized carbons (Fsp3) is 0.385. The monoisotopic (exact) mass is 548 g/mol. The first-order chi connectivity index (χ1) is 19.5. The SMILES string of the molecule is Cn1c(=O)n(CCN2CCN(c3ccc(OC4CNC4)cc3F)CC2)c2nc(N)n3nc(-c4ccco4)nc3c21. The first kappa shape index (κ1) is 24.6. The Morgan fingerprint density at radius 1 is 1.12 bits per heavy atom. The number of anilines is 2. The lowest BCUT2D eigenvalue weighted by Crippen LogP contribution is -2.50. The number of furan rings is 1. The molecule has 0 atom stereocenters. The molecule has 0 amide bonds. The van der Waals surface area contributed by atoms with E-state index >= 15 is 0 Å². The van der Waals surface area contributed by atoms with Crippen molar-refractivity contribution in [2.24, 2.45) is 7.05 Å². The summed E-state index contributed by atoms with van der Waals surface area (Å²) in [6.45, 7) is 5.46. The summed E-state index contributed by atoms with van der Waals surface area (Å²) < 4.78 is 30.6. The number of hydrogen-bond acceptors (Lipinski definition) is 10. The van der Waals surface area contributed by atoms with Crippen LogP contribution in [0.1, 0.15) is 0 Å². The molecule has 0 spiro atoms. The number of piperazine rings is 1. The fourth-order valence-corrected chi connectivity index (χ4v) is 5.31. The number of rotatable bonds is 7. The third-order valence-corrected chi connectivity index (χ3v) is 7.64. The molecule has 2 aliphatic rings. The molecule has 1 aromatic carbocycles. The summed E-state index contributed by atoms with van der Waals surface area (Å²) in [5, 5.41) is 7.56. The van der Waals surface area contributed by atoms with Gasteiger partial charge in [0.25, 0.3) is 0 Å². The molecule has 208 valence electrons. The number of fused-ring (bicyclic) bond motifs is 3. The van der Waals surface area contributed by atoms with Crippen LogP contribution in [0, 0.1) is 5.82 Å². The van der Waals surface area contributed by atoms with E-state index in [-0.39, 0.29) is 23.6 Å². The van der Waals surface area contributed by atoms with E-state index in [4.69, 9.17) is 14.9 Å². The largest absolute Gasteiger partial charge is 0.488 e. The van der Waals surface area contributed by atoms with E-state index in [1.165, 1.54) is 15.1 Å². The second kappa shape index (κ2) is 9.64. The van der Waals surface area contributed by atoms with Gasteiger partial charge in [-0.05, 0) is 24.3 Å². The first-order valence-corrected chi connectivity index (χ1v) is 13.3. The van der Waals surface area contributed by atoms with E-state index in [2.05, 4.69) is 25.3 Å². The number of ether oxygens (including phenoxy) is 1. The number of aryl methyl sites for hydroxylation is 1. The summed E-state index contributed by atoms with van der Waals surface area (Å²) >= 11 is 0. The number of aromatic nitrogens is 6.